The fourth-order valence-corrected chi connectivity index (χ4v) is 2.42. The van der Waals surface area contributed by atoms with Gasteiger partial charge in [0, 0.05) is 0 Å². The molecule has 0 atom stereocenters. The number of benzene rings is 2. The highest BCUT2D eigenvalue weighted by molar-refractivity contribution is 5.68. The van der Waals surface area contributed by atoms with Gasteiger partial charge in [-0.3, -0.25) is 0 Å². The number of carbonyl (C=O) groups is 1. The van der Waals surface area contributed by atoms with Gasteiger partial charge in [0.05, 0.1) is 0 Å². The minimum atomic E-state index is -0.694. The molecule has 23 heavy (non-hydrogen) atoms. The molecule has 2 rings (SSSR count). The zero-order valence-corrected chi connectivity index (χ0v) is 13.9. The second-order valence-electron chi connectivity index (χ2n) is 5.64. The number of rotatable bonds is 7. The first-order chi connectivity index (χ1) is 11.2. The van der Waals surface area contributed by atoms with Gasteiger partial charge in [-0.1, -0.05) is 62.6 Å². The van der Waals surface area contributed by atoms with Crippen LogP contribution in [0.1, 0.15) is 43.7 Å². The molecule has 0 amide bonds. The van der Waals surface area contributed by atoms with Gasteiger partial charge in [-0.15, -0.1) is 0 Å². The summed E-state index contributed by atoms with van der Waals surface area (Å²) in [5, 5.41) is 0. The predicted molar refractivity (Wildman–Crippen MR) is 92.1 cm³/mol. The van der Waals surface area contributed by atoms with Gasteiger partial charge in [-0.25, -0.2) is 4.79 Å². The Labute approximate surface area is 138 Å². The molecule has 0 aliphatic rings. The van der Waals surface area contributed by atoms with Crippen LogP contribution in [-0.4, -0.2) is 6.16 Å². The number of para-hydroxylation sites is 2. The topological polar surface area (TPSA) is 35.5 Å². The van der Waals surface area contributed by atoms with Crippen LogP contribution < -0.4 is 9.47 Å². The third-order valence-corrected chi connectivity index (χ3v) is 3.75. The van der Waals surface area contributed by atoms with E-state index >= 15 is 0 Å². The van der Waals surface area contributed by atoms with E-state index in [4.69, 9.17) is 9.47 Å². The maximum Gasteiger partial charge on any atom is 0.519 e. The van der Waals surface area contributed by atoms with E-state index in [0.717, 1.165) is 24.0 Å². The Bertz CT molecular complexity index is 634. The maximum absolute atomic E-state index is 12.0. The van der Waals surface area contributed by atoms with Crippen LogP contribution in [0.25, 0.3) is 0 Å². The standard InChI is InChI=1S/C20H24O3/c1-3-4-5-6-12-17-13-8-10-15-19(17)23-20(21)22-18-14-9-7-11-16(18)2/h7-11,13-15H,3-6,12H2,1-2H3. The fourth-order valence-electron chi connectivity index (χ4n) is 2.42. The number of aryl methyl sites for hydroxylation is 2. The van der Waals surface area contributed by atoms with Gasteiger partial charge in [0.2, 0.25) is 0 Å². The van der Waals surface area contributed by atoms with Crippen molar-refractivity contribution in [2.45, 2.75) is 46.0 Å². The van der Waals surface area contributed by atoms with Crippen LogP contribution in [0, 0.1) is 6.92 Å². The molecule has 0 aliphatic heterocycles. The molecule has 0 saturated heterocycles. The van der Waals surface area contributed by atoms with Gasteiger partial charge in [0.1, 0.15) is 11.5 Å². The molecule has 2 aromatic rings. The van der Waals surface area contributed by atoms with E-state index in [9.17, 15) is 4.79 Å². The summed E-state index contributed by atoms with van der Waals surface area (Å²) in [4.78, 5) is 12.0. The van der Waals surface area contributed by atoms with Crippen LogP contribution in [0.15, 0.2) is 48.5 Å². The Morgan fingerprint density at radius 2 is 1.52 bits per heavy atom. The lowest BCUT2D eigenvalue weighted by Gasteiger charge is -2.11. The zero-order chi connectivity index (χ0) is 16.5. The van der Waals surface area contributed by atoms with Gasteiger partial charge in [0.25, 0.3) is 0 Å². The summed E-state index contributed by atoms with van der Waals surface area (Å²) in [6.07, 6.45) is 4.95. The third kappa shape index (κ3) is 5.44. The SMILES string of the molecule is CCCCCCc1ccccc1OC(=O)Oc1ccccc1C. The van der Waals surface area contributed by atoms with E-state index in [2.05, 4.69) is 6.92 Å². The summed E-state index contributed by atoms with van der Waals surface area (Å²) in [7, 11) is 0. The normalized spacial score (nSPS) is 10.3. The first kappa shape index (κ1) is 17.1. The van der Waals surface area contributed by atoms with Crippen molar-refractivity contribution in [2.24, 2.45) is 0 Å². The second kappa shape index (κ2) is 8.99. The molecule has 3 heteroatoms. The van der Waals surface area contributed by atoms with E-state index in [1.165, 1.54) is 19.3 Å². The average Bonchev–Trinajstić information content (AvgIpc) is 2.55. The zero-order valence-electron chi connectivity index (χ0n) is 13.9. The van der Waals surface area contributed by atoms with Crippen molar-refractivity contribution in [3.63, 3.8) is 0 Å². The van der Waals surface area contributed by atoms with Crippen LogP contribution in [0.3, 0.4) is 0 Å². The lowest BCUT2D eigenvalue weighted by Crippen LogP contribution is -2.15. The molecule has 0 heterocycles. The van der Waals surface area contributed by atoms with Crippen LogP contribution in [0.4, 0.5) is 4.79 Å². The summed E-state index contributed by atoms with van der Waals surface area (Å²) in [6, 6.07) is 15.0. The Balaban J connectivity index is 1.96. The Hall–Kier alpha value is -2.29. The van der Waals surface area contributed by atoms with Gasteiger partial charge in [-0.2, -0.15) is 0 Å². The fraction of sp³-hybridized carbons (Fsp3) is 0.350. The van der Waals surface area contributed by atoms with Crippen molar-refractivity contribution in [1.29, 1.82) is 0 Å². The van der Waals surface area contributed by atoms with E-state index in [-0.39, 0.29) is 0 Å². The van der Waals surface area contributed by atoms with Crippen molar-refractivity contribution in [3.05, 3.63) is 59.7 Å². The molecule has 0 fully saturated rings. The summed E-state index contributed by atoms with van der Waals surface area (Å²) in [5.41, 5.74) is 1.95. The van der Waals surface area contributed by atoms with Crippen molar-refractivity contribution in [1.82, 2.24) is 0 Å². The molecule has 0 radical (unpaired) electrons. The van der Waals surface area contributed by atoms with Crippen LogP contribution in [-0.2, 0) is 6.42 Å². The molecule has 122 valence electrons. The number of hydrogen-bond acceptors (Lipinski definition) is 3. The maximum atomic E-state index is 12.0. The first-order valence-corrected chi connectivity index (χ1v) is 8.24. The highest BCUT2D eigenvalue weighted by Crippen LogP contribution is 2.22. The predicted octanol–water partition coefficient (Wildman–Crippen LogP) is 5.70. The molecular weight excluding hydrogens is 288 g/mol. The molecule has 3 nitrogen and oxygen atoms in total. The molecule has 0 spiro atoms. The third-order valence-electron chi connectivity index (χ3n) is 3.75. The molecule has 0 N–H and O–H groups in total. The van der Waals surface area contributed by atoms with Crippen LogP contribution >= 0.6 is 0 Å². The van der Waals surface area contributed by atoms with Gasteiger partial charge >= 0.3 is 6.16 Å². The molecule has 0 aromatic heterocycles. The molecule has 0 aliphatic carbocycles. The first-order valence-electron chi connectivity index (χ1n) is 8.24. The minimum Gasteiger partial charge on any atom is -0.394 e. The lowest BCUT2D eigenvalue weighted by molar-refractivity contribution is 0.151. The smallest absolute Gasteiger partial charge is 0.394 e. The van der Waals surface area contributed by atoms with Gasteiger partial charge in [0.15, 0.2) is 0 Å². The quantitative estimate of drug-likeness (QED) is 0.374. The monoisotopic (exact) mass is 312 g/mol. The number of hydrogen-bond donors (Lipinski definition) is 0. The summed E-state index contributed by atoms with van der Waals surface area (Å²) >= 11 is 0. The average molecular weight is 312 g/mol. The van der Waals surface area contributed by atoms with Gasteiger partial charge in [-0.05, 0) is 43.0 Å². The van der Waals surface area contributed by atoms with Crippen LogP contribution in [0.5, 0.6) is 11.5 Å². The molecule has 0 unspecified atom stereocenters. The second-order valence-corrected chi connectivity index (χ2v) is 5.64. The van der Waals surface area contributed by atoms with E-state index in [1.54, 1.807) is 6.07 Å². The van der Waals surface area contributed by atoms with E-state index < -0.39 is 6.16 Å². The number of unbranched alkanes of at least 4 members (excludes halogenated alkanes) is 3. The van der Waals surface area contributed by atoms with E-state index in [1.807, 2.05) is 49.4 Å². The van der Waals surface area contributed by atoms with Crippen molar-refractivity contribution in [3.8, 4) is 11.5 Å². The Morgan fingerprint density at radius 1 is 0.870 bits per heavy atom. The largest absolute Gasteiger partial charge is 0.519 e. The molecule has 2 aromatic carbocycles. The number of ether oxygens (including phenoxy) is 2. The van der Waals surface area contributed by atoms with E-state index in [0.29, 0.717) is 11.5 Å². The Morgan fingerprint density at radius 3 is 2.26 bits per heavy atom. The Kier molecular flexibility index (Phi) is 6.67. The molecular formula is C20H24O3. The highest BCUT2D eigenvalue weighted by atomic mass is 16.7. The minimum absolute atomic E-state index is 0.526. The molecule has 0 saturated carbocycles. The molecule has 0 bridgehead atoms. The van der Waals surface area contributed by atoms with Crippen molar-refractivity contribution in [2.75, 3.05) is 0 Å². The summed E-state index contributed by atoms with van der Waals surface area (Å²) in [6.45, 7) is 4.09. The summed E-state index contributed by atoms with van der Waals surface area (Å²) < 4.78 is 10.7. The van der Waals surface area contributed by atoms with Crippen LogP contribution in [0.2, 0.25) is 0 Å². The summed E-state index contributed by atoms with van der Waals surface area (Å²) in [5.74, 6) is 1.11. The highest BCUT2D eigenvalue weighted by Gasteiger charge is 2.12. The van der Waals surface area contributed by atoms with Crippen molar-refractivity contribution < 1.29 is 14.3 Å². The van der Waals surface area contributed by atoms with Gasteiger partial charge < -0.3 is 9.47 Å². The van der Waals surface area contributed by atoms with Crippen molar-refractivity contribution >= 4 is 6.16 Å². The number of carbonyl (C=O) groups excluding carboxylic acids is 1. The lowest BCUT2D eigenvalue weighted by atomic mass is 10.1.